The van der Waals surface area contributed by atoms with Crippen molar-refractivity contribution in [2.24, 2.45) is 5.73 Å². The zero-order chi connectivity index (χ0) is 15.9. The Bertz CT molecular complexity index is 574. The van der Waals surface area contributed by atoms with Crippen LogP contribution in [0.5, 0.6) is 17.2 Å². The summed E-state index contributed by atoms with van der Waals surface area (Å²) in [5, 5.41) is 58.0. The van der Waals surface area contributed by atoms with Crippen LogP contribution in [-0.4, -0.2) is 54.9 Å². The molecule has 21 heavy (non-hydrogen) atoms. The molecule has 8 N–H and O–H groups in total. The summed E-state index contributed by atoms with van der Waals surface area (Å²) in [5.41, 5.74) is 4.74. The van der Waals surface area contributed by atoms with E-state index >= 15 is 0 Å². The number of primary amides is 1. The highest BCUT2D eigenvalue weighted by atomic mass is 16.3. The number of carbonyl (C=O) groups excluding carboxylic acids is 1. The molecule has 1 saturated carbocycles. The Kier molecular flexibility index (Phi) is 3.95. The average Bonchev–Trinajstić information content (AvgIpc) is 2.39. The summed E-state index contributed by atoms with van der Waals surface area (Å²) in [7, 11) is 0. The summed E-state index contributed by atoms with van der Waals surface area (Å²) in [4.78, 5) is 11.5. The minimum atomic E-state index is -1.13. The maximum absolute atomic E-state index is 11.5. The lowest BCUT2D eigenvalue weighted by Gasteiger charge is -2.35. The van der Waals surface area contributed by atoms with Crippen molar-refractivity contribution in [3.05, 3.63) is 17.2 Å². The Balaban J connectivity index is 2.55. The molecule has 0 bridgehead atoms. The van der Waals surface area contributed by atoms with Gasteiger partial charge >= 0.3 is 0 Å². The third kappa shape index (κ3) is 2.60. The molecule has 1 fully saturated rings. The number of nitrogens with two attached hydrogens (primary N) is 1. The Morgan fingerprint density at radius 2 is 1.57 bits per heavy atom. The SMILES string of the molecule is NC(=O)c1c([C@@H]2C[C@H](O)[C@H](O)C[C@@H]2O)cc(O)c(O)c1O. The van der Waals surface area contributed by atoms with Gasteiger partial charge in [0.2, 0.25) is 5.75 Å². The Hall–Kier alpha value is -2.03. The molecule has 8 heteroatoms. The maximum Gasteiger partial charge on any atom is 0.252 e. The highest BCUT2D eigenvalue weighted by Gasteiger charge is 2.38. The normalized spacial score (nSPS) is 29.3. The van der Waals surface area contributed by atoms with E-state index in [0.717, 1.165) is 6.07 Å². The van der Waals surface area contributed by atoms with Gasteiger partial charge in [-0.25, -0.2) is 0 Å². The van der Waals surface area contributed by atoms with Crippen molar-refractivity contribution >= 4 is 5.91 Å². The fraction of sp³-hybridized carbons (Fsp3) is 0.462. The Morgan fingerprint density at radius 1 is 1.00 bits per heavy atom. The van der Waals surface area contributed by atoms with Crippen LogP contribution in [0.25, 0.3) is 0 Å². The molecule has 1 aliphatic carbocycles. The third-order valence-electron chi connectivity index (χ3n) is 3.82. The summed E-state index contributed by atoms with van der Waals surface area (Å²) in [6.07, 6.45) is -3.56. The molecule has 8 nitrogen and oxygen atoms in total. The second-order valence-corrected chi connectivity index (χ2v) is 5.20. The molecule has 0 spiro atoms. The van der Waals surface area contributed by atoms with Gasteiger partial charge in [0.05, 0.1) is 23.9 Å². The number of aromatic hydroxyl groups is 3. The van der Waals surface area contributed by atoms with Crippen molar-refractivity contribution < 1.29 is 35.4 Å². The van der Waals surface area contributed by atoms with E-state index in [-0.39, 0.29) is 18.4 Å². The molecule has 4 atom stereocenters. The van der Waals surface area contributed by atoms with Crippen LogP contribution in [0.4, 0.5) is 0 Å². The monoisotopic (exact) mass is 299 g/mol. The molecule has 1 aromatic carbocycles. The van der Waals surface area contributed by atoms with Crippen LogP contribution < -0.4 is 5.73 Å². The lowest BCUT2D eigenvalue weighted by atomic mass is 9.77. The number of phenolic OH excluding ortho intramolecular Hbond substituents is 2. The van der Waals surface area contributed by atoms with Crippen molar-refractivity contribution in [1.29, 1.82) is 0 Å². The van der Waals surface area contributed by atoms with Crippen LogP contribution in [0.1, 0.15) is 34.7 Å². The lowest BCUT2D eigenvalue weighted by Crippen LogP contribution is -2.41. The van der Waals surface area contributed by atoms with E-state index in [2.05, 4.69) is 0 Å². The highest BCUT2D eigenvalue weighted by Crippen LogP contribution is 2.45. The first-order chi connectivity index (χ1) is 9.73. The van der Waals surface area contributed by atoms with E-state index in [1.165, 1.54) is 0 Å². The molecule has 0 heterocycles. The van der Waals surface area contributed by atoms with Crippen LogP contribution in [-0.2, 0) is 0 Å². The van der Waals surface area contributed by atoms with Gasteiger partial charge in [-0.1, -0.05) is 0 Å². The number of hydrogen-bond donors (Lipinski definition) is 7. The van der Waals surface area contributed by atoms with E-state index < -0.39 is 52.9 Å². The second-order valence-electron chi connectivity index (χ2n) is 5.20. The van der Waals surface area contributed by atoms with Gasteiger partial charge in [-0.05, 0) is 18.1 Å². The Labute approximate surface area is 119 Å². The first-order valence-electron chi connectivity index (χ1n) is 6.35. The smallest absolute Gasteiger partial charge is 0.252 e. The van der Waals surface area contributed by atoms with E-state index in [9.17, 15) is 35.4 Å². The van der Waals surface area contributed by atoms with Crippen LogP contribution in [0.3, 0.4) is 0 Å². The summed E-state index contributed by atoms with van der Waals surface area (Å²) < 4.78 is 0. The van der Waals surface area contributed by atoms with Gasteiger partial charge in [-0.2, -0.15) is 0 Å². The summed E-state index contributed by atoms with van der Waals surface area (Å²) >= 11 is 0. The van der Waals surface area contributed by atoms with Gasteiger partial charge in [0.15, 0.2) is 11.5 Å². The number of carbonyl (C=O) groups is 1. The standard InChI is InChI=1S/C13H17NO7/c14-13(21)10-5(2-9(18)11(19)12(10)20)4-1-7(16)8(17)3-6(4)15/h2,4,6-8,15-20H,1,3H2,(H2,14,21)/t4-,6-,7-,8+/m0/s1. The summed E-state index contributed by atoms with van der Waals surface area (Å²) in [6.45, 7) is 0. The van der Waals surface area contributed by atoms with Crippen LogP contribution in [0, 0.1) is 0 Å². The Morgan fingerprint density at radius 3 is 2.14 bits per heavy atom. The van der Waals surface area contributed by atoms with Gasteiger partial charge < -0.3 is 36.4 Å². The van der Waals surface area contributed by atoms with E-state index in [4.69, 9.17) is 5.73 Å². The highest BCUT2D eigenvalue weighted by molar-refractivity contribution is 5.98. The predicted octanol–water partition coefficient (Wildman–Crippen LogP) is -1.14. The fourth-order valence-corrected chi connectivity index (χ4v) is 2.69. The van der Waals surface area contributed by atoms with Gasteiger partial charge in [0.25, 0.3) is 5.91 Å². The van der Waals surface area contributed by atoms with Gasteiger partial charge in [0, 0.05) is 12.3 Å². The third-order valence-corrected chi connectivity index (χ3v) is 3.82. The molecule has 0 unspecified atom stereocenters. The number of amides is 1. The van der Waals surface area contributed by atoms with Crippen LogP contribution in [0.2, 0.25) is 0 Å². The van der Waals surface area contributed by atoms with Crippen molar-refractivity contribution in [2.45, 2.75) is 37.1 Å². The van der Waals surface area contributed by atoms with Gasteiger partial charge in [-0.15, -0.1) is 0 Å². The molecule has 2 rings (SSSR count). The second kappa shape index (κ2) is 5.40. The van der Waals surface area contributed by atoms with Gasteiger partial charge in [-0.3, -0.25) is 4.79 Å². The molecule has 0 aromatic heterocycles. The van der Waals surface area contributed by atoms with Crippen molar-refractivity contribution in [3.63, 3.8) is 0 Å². The maximum atomic E-state index is 11.5. The number of phenols is 3. The van der Waals surface area contributed by atoms with Crippen LogP contribution >= 0.6 is 0 Å². The molecule has 1 aromatic rings. The zero-order valence-electron chi connectivity index (χ0n) is 11.0. The van der Waals surface area contributed by atoms with Crippen molar-refractivity contribution in [3.8, 4) is 17.2 Å². The summed E-state index contributed by atoms with van der Waals surface area (Å²) in [6, 6.07) is 1.01. The lowest BCUT2D eigenvalue weighted by molar-refractivity contribution is -0.0601. The van der Waals surface area contributed by atoms with Crippen LogP contribution in [0.15, 0.2) is 6.07 Å². The number of rotatable bonds is 2. The number of aliphatic hydroxyl groups excluding tert-OH is 3. The fourth-order valence-electron chi connectivity index (χ4n) is 2.69. The first kappa shape index (κ1) is 15.4. The van der Waals surface area contributed by atoms with E-state index in [0.29, 0.717) is 0 Å². The summed E-state index contributed by atoms with van der Waals surface area (Å²) in [5.74, 6) is -4.34. The van der Waals surface area contributed by atoms with E-state index in [1.54, 1.807) is 0 Å². The van der Waals surface area contributed by atoms with Crippen molar-refractivity contribution in [2.75, 3.05) is 0 Å². The topological polar surface area (TPSA) is 164 Å². The molecular weight excluding hydrogens is 282 g/mol. The molecular formula is C13H17NO7. The molecule has 116 valence electrons. The molecule has 0 radical (unpaired) electrons. The molecule has 0 aliphatic heterocycles. The van der Waals surface area contributed by atoms with Crippen molar-refractivity contribution in [1.82, 2.24) is 0 Å². The minimum Gasteiger partial charge on any atom is -0.504 e. The molecule has 1 amide bonds. The zero-order valence-corrected chi connectivity index (χ0v) is 11.0. The van der Waals surface area contributed by atoms with E-state index in [1.807, 2.05) is 0 Å². The number of hydrogen-bond acceptors (Lipinski definition) is 7. The quantitative estimate of drug-likeness (QED) is 0.339. The predicted molar refractivity (Wildman–Crippen MR) is 69.9 cm³/mol. The largest absolute Gasteiger partial charge is 0.504 e. The molecule has 0 saturated heterocycles. The molecule has 1 aliphatic rings. The first-order valence-corrected chi connectivity index (χ1v) is 6.35. The average molecular weight is 299 g/mol. The minimum absolute atomic E-state index is 0.00810. The number of aliphatic hydroxyl groups is 3. The van der Waals surface area contributed by atoms with Gasteiger partial charge in [0.1, 0.15) is 0 Å². The number of benzene rings is 1.